The van der Waals surface area contributed by atoms with Crippen LogP contribution >= 0.6 is 9.39 Å². The van der Waals surface area contributed by atoms with Crippen molar-refractivity contribution in [1.82, 2.24) is 4.67 Å². The summed E-state index contributed by atoms with van der Waals surface area (Å²) in [6.07, 6.45) is 1.74. The summed E-state index contributed by atoms with van der Waals surface area (Å²) in [5.74, 6) is 0.252. The first-order chi connectivity index (χ1) is 3.72. The Kier molecular flexibility index (Phi) is 1.52. The van der Waals surface area contributed by atoms with Crippen LogP contribution in [0.25, 0.3) is 0 Å². The Balaban J connectivity index is 2.56. The summed E-state index contributed by atoms with van der Waals surface area (Å²) in [4.78, 5) is 10.7. The van der Waals surface area contributed by atoms with Crippen LogP contribution in [-0.2, 0) is 4.79 Å². The van der Waals surface area contributed by atoms with Crippen LogP contribution in [0.1, 0.15) is 19.8 Å². The van der Waals surface area contributed by atoms with E-state index in [0.717, 1.165) is 12.8 Å². The second-order valence-corrected chi connectivity index (χ2v) is 2.75. The second-order valence-electron chi connectivity index (χ2n) is 2.19. The lowest BCUT2D eigenvalue weighted by atomic mass is 10.3. The molecule has 1 aliphatic heterocycles. The highest BCUT2D eigenvalue weighted by molar-refractivity contribution is 7.14. The molecule has 1 heterocycles. The lowest BCUT2D eigenvalue weighted by molar-refractivity contribution is -0.124. The summed E-state index contributed by atoms with van der Waals surface area (Å²) < 4.78 is 1.72. The molecule has 1 rings (SSSR count). The molecule has 46 valence electrons. The molecule has 1 fully saturated rings. The minimum absolute atomic E-state index is 0.252. The number of hydrogen-bond donors (Lipinski definition) is 0. The van der Waals surface area contributed by atoms with Gasteiger partial charge in [0.1, 0.15) is 0 Å². The lowest BCUT2D eigenvalue weighted by Gasteiger charge is -2.12. The van der Waals surface area contributed by atoms with Crippen LogP contribution in [0.5, 0.6) is 0 Å². The topological polar surface area (TPSA) is 20.3 Å². The van der Waals surface area contributed by atoms with Crippen LogP contribution < -0.4 is 0 Å². The van der Waals surface area contributed by atoms with Gasteiger partial charge in [-0.05, 0) is 22.7 Å². The number of nitrogens with zero attached hydrogens (tertiary/aromatic N) is 1. The van der Waals surface area contributed by atoms with E-state index in [1.807, 2.05) is 0 Å². The number of carbonyl (C=O) groups excluding carboxylic acids is 1. The molecule has 0 bridgehead atoms. The van der Waals surface area contributed by atoms with E-state index in [2.05, 4.69) is 16.3 Å². The largest absolute Gasteiger partial charge is 0.325 e. The fraction of sp³-hybridized carbons (Fsp3) is 0.800. The molecule has 2 nitrogen and oxygen atoms in total. The third kappa shape index (κ3) is 0.851. The lowest BCUT2D eigenvalue weighted by Crippen LogP contribution is -2.18. The quantitative estimate of drug-likeness (QED) is 0.445. The summed E-state index contributed by atoms with van der Waals surface area (Å²) in [6, 6.07) is 0.437. The minimum atomic E-state index is 0.252. The van der Waals surface area contributed by atoms with Crippen molar-refractivity contribution in [1.29, 1.82) is 0 Å². The SMILES string of the molecule is CC1CCC(=O)N1P. The Morgan fingerprint density at radius 1 is 1.88 bits per heavy atom. The van der Waals surface area contributed by atoms with E-state index in [4.69, 9.17) is 0 Å². The van der Waals surface area contributed by atoms with Crippen LogP contribution in [-0.4, -0.2) is 16.6 Å². The van der Waals surface area contributed by atoms with Crippen LogP contribution in [0.3, 0.4) is 0 Å². The molecule has 1 saturated heterocycles. The molecule has 0 N–H and O–H groups in total. The summed E-state index contributed by atoms with van der Waals surface area (Å²) in [5, 5.41) is 0. The Hall–Kier alpha value is -0.100. The van der Waals surface area contributed by atoms with Gasteiger partial charge in [0.15, 0.2) is 0 Å². The molecule has 2 unspecified atom stereocenters. The van der Waals surface area contributed by atoms with E-state index < -0.39 is 0 Å². The number of carbonyl (C=O) groups is 1. The van der Waals surface area contributed by atoms with Gasteiger partial charge in [-0.15, -0.1) is 0 Å². The van der Waals surface area contributed by atoms with E-state index in [9.17, 15) is 4.79 Å². The van der Waals surface area contributed by atoms with Gasteiger partial charge in [0, 0.05) is 12.5 Å². The third-order valence-electron chi connectivity index (χ3n) is 1.54. The molecule has 8 heavy (non-hydrogen) atoms. The molecule has 3 heteroatoms. The van der Waals surface area contributed by atoms with Gasteiger partial charge in [-0.1, -0.05) is 0 Å². The minimum Gasteiger partial charge on any atom is -0.325 e. The van der Waals surface area contributed by atoms with E-state index in [1.165, 1.54) is 0 Å². The van der Waals surface area contributed by atoms with Crippen molar-refractivity contribution in [3.63, 3.8) is 0 Å². The average molecular weight is 131 g/mol. The Morgan fingerprint density at radius 2 is 2.50 bits per heavy atom. The van der Waals surface area contributed by atoms with E-state index >= 15 is 0 Å². The maximum absolute atomic E-state index is 10.7. The Labute approximate surface area is 51.5 Å². The molecule has 1 amide bonds. The van der Waals surface area contributed by atoms with Crippen LogP contribution in [0.4, 0.5) is 0 Å². The zero-order valence-corrected chi connectivity index (χ0v) is 6.08. The predicted molar refractivity (Wildman–Crippen MR) is 35.3 cm³/mol. The first kappa shape index (κ1) is 6.03. The molecule has 0 aromatic rings. The Bertz CT molecular complexity index is 115. The van der Waals surface area contributed by atoms with Crippen molar-refractivity contribution in [3.05, 3.63) is 0 Å². The Morgan fingerprint density at radius 3 is 2.62 bits per heavy atom. The van der Waals surface area contributed by atoms with Crippen LogP contribution in [0, 0.1) is 0 Å². The fourth-order valence-electron chi connectivity index (χ4n) is 0.846. The van der Waals surface area contributed by atoms with Crippen LogP contribution in [0.2, 0.25) is 0 Å². The first-order valence-electron chi connectivity index (χ1n) is 2.78. The molecule has 0 radical (unpaired) electrons. The van der Waals surface area contributed by atoms with Crippen LogP contribution in [0.15, 0.2) is 0 Å². The molecule has 0 aromatic carbocycles. The standard InChI is InChI=1S/C5H10NOP/c1-4-2-3-5(7)6(4)8/h4H,2-3,8H2,1H3. The van der Waals surface area contributed by atoms with Crippen molar-refractivity contribution in [2.24, 2.45) is 0 Å². The summed E-state index contributed by atoms with van der Waals surface area (Å²) in [7, 11) is 2.44. The molecule has 1 aliphatic rings. The fourth-order valence-corrected chi connectivity index (χ4v) is 1.12. The normalized spacial score (nSPS) is 29.5. The van der Waals surface area contributed by atoms with Gasteiger partial charge < -0.3 is 4.67 Å². The van der Waals surface area contributed by atoms with Gasteiger partial charge in [-0.25, -0.2) is 0 Å². The number of rotatable bonds is 0. The highest BCUT2D eigenvalue weighted by atomic mass is 31.0. The van der Waals surface area contributed by atoms with E-state index in [-0.39, 0.29) is 5.91 Å². The summed E-state index contributed by atoms with van der Waals surface area (Å²) >= 11 is 0. The zero-order valence-electron chi connectivity index (χ0n) is 4.92. The van der Waals surface area contributed by atoms with E-state index in [1.54, 1.807) is 4.67 Å². The molecule has 0 aromatic heterocycles. The maximum atomic E-state index is 10.7. The van der Waals surface area contributed by atoms with Gasteiger partial charge in [-0.2, -0.15) is 0 Å². The predicted octanol–water partition coefficient (Wildman–Crippen LogP) is 0.787. The highest BCUT2D eigenvalue weighted by Gasteiger charge is 2.23. The third-order valence-corrected chi connectivity index (χ3v) is 2.34. The van der Waals surface area contributed by atoms with Crippen molar-refractivity contribution in [3.8, 4) is 0 Å². The summed E-state index contributed by atoms with van der Waals surface area (Å²) in [5.41, 5.74) is 0. The second kappa shape index (κ2) is 2.02. The smallest absolute Gasteiger partial charge is 0.225 e. The van der Waals surface area contributed by atoms with Gasteiger partial charge in [0.05, 0.1) is 0 Å². The molecule has 0 saturated carbocycles. The van der Waals surface area contributed by atoms with Gasteiger partial charge >= 0.3 is 0 Å². The maximum Gasteiger partial charge on any atom is 0.225 e. The number of hydrogen-bond acceptors (Lipinski definition) is 1. The molecular formula is C5H10NOP. The van der Waals surface area contributed by atoms with Crippen molar-refractivity contribution < 1.29 is 4.79 Å². The monoisotopic (exact) mass is 131 g/mol. The van der Waals surface area contributed by atoms with E-state index in [0.29, 0.717) is 6.04 Å². The van der Waals surface area contributed by atoms with Gasteiger partial charge in [0.25, 0.3) is 0 Å². The van der Waals surface area contributed by atoms with Crippen molar-refractivity contribution in [2.45, 2.75) is 25.8 Å². The molecule has 0 spiro atoms. The first-order valence-corrected chi connectivity index (χ1v) is 3.30. The van der Waals surface area contributed by atoms with Crippen molar-refractivity contribution >= 4 is 15.3 Å². The zero-order chi connectivity index (χ0) is 6.15. The molecular weight excluding hydrogens is 121 g/mol. The summed E-state index contributed by atoms with van der Waals surface area (Å²) in [6.45, 7) is 2.05. The highest BCUT2D eigenvalue weighted by Crippen LogP contribution is 2.20. The van der Waals surface area contributed by atoms with Gasteiger partial charge in [-0.3, -0.25) is 4.79 Å². The number of amides is 1. The van der Waals surface area contributed by atoms with Crippen molar-refractivity contribution in [2.75, 3.05) is 0 Å². The van der Waals surface area contributed by atoms with Gasteiger partial charge in [0.2, 0.25) is 5.91 Å². The molecule has 0 aliphatic carbocycles. The molecule has 2 atom stereocenters. The average Bonchev–Trinajstić information content (AvgIpc) is 1.98.